The van der Waals surface area contributed by atoms with E-state index in [1.807, 2.05) is 68.5 Å². The molecule has 0 aliphatic heterocycles. The number of hydrogen-bond acceptors (Lipinski definition) is 2. The molecule has 0 atom stereocenters. The zero-order chi connectivity index (χ0) is 20.4. The van der Waals surface area contributed by atoms with Gasteiger partial charge in [0.05, 0.1) is 0 Å². The van der Waals surface area contributed by atoms with Crippen molar-refractivity contribution in [3.63, 3.8) is 0 Å². The molecule has 0 aliphatic carbocycles. The van der Waals surface area contributed by atoms with Gasteiger partial charge in [0.15, 0.2) is 5.78 Å². The summed E-state index contributed by atoms with van der Waals surface area (Å²) < 4.78 is 0. The number of allylic oxidation sites excluding steroid dienone is 3. The predicted octanol–water partition coefficient (Wildman–Crippen LogP) is 6.00. The fourth-order valence-electron chi connectivity index (χ4n) is 3.60. The molecule has 0 saturated carbocycles. The normalized spacial score (nSPS) is 12.7. The Labute approximate surface area is 168 Å². The number of rotatable bonds is 5. The van der Waals surface area contributed by atoms with E-state index in [9.17, 15) is 9.90 Å². The van der Waals surface area contributed by atoms with Crippen molar-refractivity contribution in [3.05, 3.63) is 95.0 Å². The zero-order valence-electron chi connectivity index (χ0n) is 16.4. The maximum atomic E-state index is 12.3. The van der Waals surface area contributed by atoms with Crippen molar-refractivity contribution in [2.75, 3.05) is 0 Å². The van der Waals surface area contributed by atoms with Crippen molar-refractivity contribution in [2.45, 2.75) is 13.8 Å². The van der Waals surface area contributed by atoms with Crippen molar-refractivity contribution in [1.82, 2.24) is 9.97 Å². The van der Waals surface area contributed by atoms with Gasteiger partial charge in [-0.05, 0) is 50.3 Å². The first-order valence-corrected chi connectivity index (χ1v) is 9.48. The predicted molar refractivity (Wildman–Crippen MR) is 120 cm³/mol. The SMILES string of the molecule is Cc1[nH]c2ccccc2c1/C=C/C(=O)/C=C(O)/C=C/c1c(C)[nH]c2ccccc12. The minimum absolute atomic E-state index is 0.0834. The molecule has 0 amide bonds. The molecule has 0 saturated heterocycles. The number of H-pyrrole nitrogens is 2. The lowest BCUT2D eigenvalue weighted by Crippen LogP contribution is -1.89. The molecule has 4 rings (SSSR count). The molecular weight excluding hydrogens is 360 g/mol. The highest BCUT2D eigenvalue weighted by Crippen LogP contribution is 2.24. The van der Waals surface area contributed by atoms with Gasteiger partial charge in [0.25, 0.3) is 0 Å². The van der Waals surface area contributed by atoms with Crippen LogP contribution in [-0.2, 0) is 4.79 Å². The summed E-state index contributed by atoms with van der Waals surface area (Å²) in [6.45, 7) is 3.96. The summed E-state index contributed by atoms with van der Waals surface area (Å²) in [5, 5.41) is 12.3. The van der Waals surface area contributed by atoms with Crippen LogP contribution in [0.25, 0.3) is 34.0 Å². The van der Waals surface area contributed by atoms with Gasteiger partial charge in [0.2, 0.25) is 0 Å². The second-order valence-corrected chi connectivity index (χ2v) is 7.06. The monoisotopic (exact) mass is 382 g/mol. The minimum Gasteiger partial charge on any atom is -0.508 e. The fraction of sp³-hybridized carbons (Fsp3) is 0.0800. The Bertz CT molecular complexity index is 1300. The van der Waals surface area contributed by atoms with E-state index in [1.54, 1.807) is 12.2 Å². The van der Waals surface area contributed by atoms with E-state index in [0.29, 0.717) is 0 Å². The van der Waals surface area contributed by atoms with E-state index in [2.05, 4.69) is 9.97 Å². The third kappa shape index (κ3) is 3.78. The van der Waals surface area contributed by atoms with Crippen LogP contribution in [0, 0.1) is 13.8 Å². The van der Waals surface area contributed by atoms with Crippen LogP contribution < -0.4 is 0 Å². The number of fused-ring (bicyclic) bond motifs is 2. The molecule has 4 heteroatoms. The molecule has 4 nitrogen and oxygen atoms in total. The van der Waals surface area contributed by atoms with Gasteiger partial charge < -0.3 is 15.1 Å². The van der Waals surface area contributed by atoms with E-state index in [4.69, 9.17) is 0 Å². The summed E-state index contributed by atoms with van der Waals surface area (Å²) in [7, 11) is 0. The van der Waals surface area contributed by atoms with Crippen molar-refractivity contribution in [2.24, 2.45) is 0 Å². The molecule has 144 valence electrons. The molecule has 0 spiro atoms. The number of carbonyl (C=O) groups is 1. The fourth-order valence-corrected chi connectivity index (χ4v) is 3.60. The third-order valence-corrected chi connectivity index (χ3v) is 5.01. The smallest absolute Gasteiger partial charge is 0.182 e. The lowest BCUT2D eigenvalue weighted by molar-refractivity contribution is -0.110. The Morgan fingerprint density at radius 3 is 1.83 bits per heavy atom. The van der Waals surface area contributed by atoms with Gasteiger partial charge in [-0.15, -0.1) is 0 Å². The highest BCUT2D eigenvalue weighted by molar-refractivity contribution is 6.04. The second kappa shape index (κ2) is 7.68. The van der Waals surface area contributed by atoms with Crippen molar-refractivity contribution in [1.29, 1.82) is 0 Å². The number of benzene rings is 2. The van der Waals surface area contributed by atoms with E-state index >= 15 is 0 Å². The minimum atomic E-state index is -0.271. The van der Waals surface area contributed by atoms with E-state index in [0.717, 1.165) is 44.3 Å². The van der Waals surface area contributed by atoms with Gasteiger partial charge in [-0.2, -0.15) is 0 Å². The number of ketones is 1. The quantitative estimate of drug-likeness (QED) is 0.225. The van der Waals surface area contributed by atoms with Gasteiger partial charge in [-0.3, -0.25) is 4.79 Å². The van der Waals surface area contributed by atoms with Crippen molar-refractivity contribution >= 4 is 39.7 Å². The average molecular weight is 382 g/mol. The molecule has 2 heterocycles. The molecule has 0 bridgehead atoms. The Balaban J connectivity index is 1.53. The Kier molecular flexibility index (Phi) is 4.92. The van der Waals surface area contributed by atoms with Gasteiger partial charge in [-0.25, -0.2) is 0 Å². The molecule has 0 unspecified atom stereocenters. The van der Waals surface area contributed by atoms with Crippen LogP contribution >= 0.6 is 0 Å². The molecule has 2 aromatic carbocycles. The number of hydrogen-bond donors (Lipinski definition) is 3. The molecule has 0 fully saturated rings. The summed E-state index contributed by atoms with van der Waals surface area (Å²) in [5.74, 6) is -0.354. The number of aliphatic hydroxyl groups excluding tert-OH is 1. The first-order chi connectivity index (χ1) is 14.0. The summed E-state index contributed by atoms with van der Waals surface area (Å²) in [6.07, 6.45) is 7.85. The standard InChI is InChI=1S/C25H22N2O2/c1-16-20(22-7-3-5-9-24(22)26-16)13-11-18(28)15-19(29)12-14-21-17(2)27-25-10-6-4-8-23(21)25/h3-15,26-28H,1-2H3/b13-11+,14-12+,18-15-. The molecule has 0 radical (unpaired) electrons. The number of aliphatic hydroxyl groups is 1. The summed E-state index contributed by atoms with van der Waals surface area (Å²) in [5.41, 5.74) is 6.06. The van der Waals surface area contributed by atoms with Crippen LogP contribution in [0.3, 0.4) is 0 Å². The Morgan fingerprint density at radius 1 is 0.793 bits per heavy atom. The van der Waals surface area contributed by atoms with Crippen LogP contribution in [0.4, 0.5) is 0 Å². The second-order valence-electron chi connectivity index (χ2n) is 7.06. The van der Waals surface area contributed by atoms with Crippen LogP contribution in [-0.4, -0.2) is 20.9 Å². The molecule has 0 aliphatic rings. The summed E-state index contributed by atoms with van der Waals surface area (Å²) >= 11 is 0. The van der Waals surface area contributed by atoms with Crippen LogP contribution in [0.1, 0.15) is 22.5 Å². The number of aromatic amines is 2. The Hall–Kier alpha value is -3.79. The zero-order valence-corrected chi connectivity index (χ0v) is 16.4. The van der Waals surface area contributed by atoms with E-state index in [-0.39, 0.29) is 11.5 Å². The number of carbonyl (C=O) groups excluding carboxylic acids is 1. The van der Waals surface area contributed by atoms with Gasteiger partial charge in [0, 0.05) is 50.4 Å². The number of aryl methyl sites for hydroxylation is 2. The maximum absolute atomic E-state index is 12.3. The molecular formula is C25H22N2O2. The maximum Gasteiger partial charge on any atom is 0.182 e. The van der Waals surface area contributed by atoms with Gasteiger partial charge in [-0.1, -0.05) is 36.4 Å². The average Bonchev–Trinajstić information content (AvgIpc) is 3.19. The first kappa shape index (κ1) is 18.6. The lowest BCUT2D eigenvalue weighted by atomic mass is 10.1. The number of aromatic nitrogens is 2. The highest BCUT2D eigenvalue weighted by atomic mass is 16.3. The van der Waals surface area contributed by atoms with Crippen LogP contribution in [0.5, 0.6) is 0 Å². The van der Waals surface area contributed by atoms with Crippen molar-refractivity contribution in [3.8, 4) is 0 Å². The Morgan fingerprint density at radius 2 is 1.28 bits per heavy atom. The molecule has 29 heavy (non-hydrogen) atoms. The van der Waals surface area contributed by atoms with Gasteiger partial charge in [0.1, 0.15) is 5.76 Å². The van der Waals surface area contributed by atoms with Crippen LogP contribution in [0.2, 0.25) is 0 Å². The number of nitrogens with one attached hydrogen (secondary N) is 2. The lowest BCUT2D eigenvalue weighted by Gasteiger charge is -1.95. The molecule has 2 aromatic heterocycles. The number of para-hydroxylation sites is 2. The summed E-state index contributed by atoms with van der Waals surface area (Å²) in [4.78, 5) is 18.9. The largest absolute Gasteiger partial charge is 0.508 e. The van der Waals surface area contributed by atoms with Crippen LogP contribution in [0.15, 0.2) is 72.5 Å². The highest BCUT2D eigenvalue weighted by Gasteiger charge is 2.06. The van der Waals surface area contributed by atoms with Crippen molar-refractivity contribution < 1.29 is 9.90 Å². The molecule has 3 N–H and O–H groups in total. The van der Waals surface area contributed by atoms with E-state index in [1.165, 1.54) is 12.2 Å². The van der Waals surface area contributed by atoms with Gasteiger partial charge >= 0.3 is 0 Å². The topological polar surface area (TPSA) is 68.9 Å². The summed E-state index contributed by atoms with van der Waals surface area (Å²) in [6, 6.07) is 15.9. The first-order valence-electron chi connectivity index (χ1n) is 9.48. The molecule has 4 aromatic rings. The van der Waals surface area contributed by atoms with E-state index < -0.39 is 0 Å². The third-order valence-electron chi connectivity index (χ3n) is 5.01.